The van der Waals surface area contributed by atoms with Crippen molar-refractivity contribution in [1.82, 2.24) is 20.6 Å². The van der Waals surface area contributed by atoms with E-state index in [0.717, 1.165) is 58.3 Å². The number of benzene rings is 2. The van der Waals surface area contributed by atoms with Gasteiger partial charge in [0.2, 0.25) is 0 Å². The summed E-state index contributed by atoms with van der Waals surface area (Å²) in [6.07, 6.45) is -7.53. The number of aromatic nitrogens is 2. The minimum absolute atomic E-state index is 0.0122. The SMILES string of the molecule is O=C(O)C(F)(F)F.O=C(O)C(F)(F)F.O=C1NCCc2[nH]c(-c3ccnc(-c4cccc(CNCc5ccc(Cl)cc5)c4)c3)cc21. The Morgan fingerprint density at radius 2 is 1.46 bits per heavy atom. The second kappa shape index (κ2) is 15.4. The van der Waals surface area contributed by atoms with Crippen molar-refractivity contribution in [2.24, 2.45) is 0 Å². The van der Waals surface area contributed by atoms with Crippen molar-refractivity contribution in [3.8, 4) is 22.5 Å². The number of amides is 1. The molecule has 0 unspecified atom stereocenters. The molecule has 46 heavy (non-hydrogen) atoms. The Balaban J connectivity index is 0.000000345. The highest BCUT2D eigenvalue weighted by Crippen LogP contribution is 2.27. The molecule has 9 nitrogen and oxygen atoms in total. The third-order valence-electron chi connectivity index (χ3n) is 6.15. The molecule has 1 aliphatic heterocycles. The van der Waals surface area contributed by atoms with Crippen LogP contribution in [0.15, 0.2) is 72.9 Å². The summed E-state index contributed by atoms with van der Waals surface area (Å²) in [4.78, 5) is 37.9. The van der Waals surface area contributed by atoms with E-state index in [2.05, 4.69) is 50.9 Å². The van der Waals surface area contributed by atoms with Crippen LogP contribution in [0, 0.1) is 0 Å². The van der Waals surface area contributed by atoms with E-state index in [0.29, 0.717) is 6.54 Å². The first-order valence-corrected chi connectivity index (χ1v) is 13.5. The van der Waals surface area contributed by atoms with Crippen molar-refractivity contribution in [2.45, 2.75) is 31.9 Å². The van der Waals surface area contributed by atoms with E-state index in [1.165, 1.54) is 11.1 Å². The van der Waals surface area contributed by atoms with Crippen molar-refractivity contribution in [3.63, 3.8) is 0 Å². The molecule has 0 atom stereocenters. The summed E-state index contributed by atoms with van der Waals surface area (Å²) < 4.78 is 63.5. The Hall–Kier alpha value is -4.89. The highest BCUT2D eigenvalue weighted by Gasteiger charge is 2.38. The lowest BCUT2D eigenvalue weighted by Gasteiger charge is -2.11. The lowest BCUT2D eigenvalue weighted by molar-refractivity contribution is -0.193. The van der Waals surface area contributed by atoms with Crippen molar-refractivity contribution in [3.05, 3.63) is 100 Å². The number of alkyl halides is 6. The average molecular weight is 671 g/mol. The van der Waals surface area contributed by atoms with Crippen LogP contribution in [0.1, 0.15) is 27.2 Å². The molecule has 0 fully saturated rings. The number of carboxylic acid groups (broad SMARTS) is 2. The number of carbonyl (C=O) groups is 3. The van der Waals surface area contributed by atoms with E-state index in [-0.39, 0.29) is 5.91 Å². The molecule has 2 aromatic heterocycles. The number of rotatable bonds is 6. The zero-order valence-corrected chi connectivity index (χ0v) is 24.2. The predicted molar refractivity (Wildman–Crippen MR) is 155 cm³/mol. The molecule has 244 valence electrons. The fraction of sp³-hybridized carbons (Fsp3) is 0.200. The van der Waals surface area contributed by atoms with Crippen LogP contribution in [-0.4, -0.2) is 56.9 Å². The maximum atomic E-state index is 12.1. The van der Waals surface area contributed by atoms with Gasteiger partial charge >= 0.3 is 24.3 Å². The van der Waals surface area contributed by atoms with Crippen LogP contribution in [0.5, 0.6) is 0 Å². The van der Waals surface area contributed by atoms with Gasteiger partial charge in [0.25, 0.3) is 5.91 Å². The highest BCUT2D eigenvalue weighted by atomic mass is 35.5. The van der Waals surface area contributed by atoms with E-state index in [4.69, 9.17) is 31.4 Å². The molecule has 0 radical (unpaired) electrons. The number of nitrogens with one attached hydrogen (secondary N) is 3. The molecule has 0 bridgehead atoms. The zero-order valence-electron chi connectivity index (χ0n) is 23.5. The third kappa shape index (κ3) is 10.6. The van der Waals surface area contributed by atoms with Crippen LogP contribution in [-0.2, 0) is 29.1 Å². The molecule has 1 aliphatic rings. The number of H-pyrrole nitrogens is 1. The molecular weight excluding hydrogens is 646 g/mol. The summed E-state index contributed by atoms with van der Waals surface area (Å²) in [5.41, 5.74) is 8.04. The molecular formula is C30H25ClF6N4O5. The number of pyridine rings is 1. The van der Waals surface area contributed by atoms with E-state index in [9.17, 15) is 31.1 Å². The fourth-order valence-corrected chi connectivity index (χ4v) is 4.12. The fourth-order valence-electron chi connectivity index (χ4n) is 4.00. The van der Waals surface area contributed by atoms with Gasteiger partial charge in [-0.05, 0) is 47.5 Å². The minimum Gasteiger partial charge on any atom is -0.475 e. The van der Waals surface area contributed by atoms with Crippen LogP contribution < -0.4 is 10.6 Å². The topological polar surface area (TPSA) is 144 Å². The molecule has 0 saturated heterocycles. The van der Waals surface area contributed by atoms with Gasteiger partial charge in [0, 0.05) is 59.8 Å². The van der Waals surface area contributed by atoms with Crippen LogP contribution >= 0.6 is 11.6 Å². The lowest BCUT2D eigenvalue weighted by atomic mass is 10.0. The summed E-state index contributed by atoms with van der Waals surface area (Å²) in [6, 6.07) is 22.2. The third-order valence-corrected chi connectivity index (χ3v) is 6.41. The number of carbonyl (C=O) groups excluding carboxylic acids is 1. The molecule has 0 spiro atoms. The van der Waals surface area contributed by atoms with Gasteiger partial charge in [0.1, 0.15) is 0 Å². The Kier molecular flexibility index (Phi) is 11.9. The molecule has 5 rings (SSSR count). The number of fused-ring (bicyclic) bond motifs is 1. The lowest BCUT2D eigenvalue weighted by Crippen LogP contribution is -2.31. The van der Waals surface area contributed by atoms with Crippen molar-refractivity contribution in [1.29, 1.82) is 0 Å². The summed E-state index contributed by atoms with van der Waals surface area (Å²) in [5.74, 6) is -5.53. The van der Waals surface area contributed by atoms with Crippen molar-refractivity contribution in [2.75, 3.05) is 6.54 Å². The van der Waals surface area contributed by atoms with Gasteiger partial charge in [-0.1, -0.05) is 41.9 Å². The van der Waals surface area contributed by atoms with Crippen LogP contribution in [0.2, 0.25) is 5.02 Å². The average Bonchev–Trinajstić information content (AvgIpc) is 3.44. The number of hydrogen-bond donors (Lipinski definition) is 5. The van der Waals surface area contributed by atoms with Crippen LogP contribution in [0.4, 0.5) is 26.3 Å². The van der Waals surface area contributed by atoms with Gasteiger partial charge in [0.15, 0.2) is 0 Å². The van der Waals surface area contributed by atoms with Gasteiger partial charge in [-0.25, -0.2) is 9.59 Å². The normalized spacial score (nSPS) is 12.5. The minimum atomic E-state index is -5.08. The molecule has 3 heterocycles. The first-order chi connectivity index (χ1) is 21.5. The highest BCUT2D eigenvalue weighted by molar-refractivity contribution is 6.30. The Morgan fingerprint density at radius 1 is 0.848 bits per heavy atom. The molecule has 0 aliphatic carbocycles. The standard InChI is InChI=1S/C26H23ClN4O.2C2HF3O2/c27-21-6-4-17(5-7-21)15-28-16-18-2-1-3-19(12-18)24-13-20(8-10-29-24)25-14-22-23(31-25)9-11-30-26(22)32;2*3-2(4,5)1(6)7/h1-8,10,12-14,28,31H,9,11,15-16H2,(H,30,32);2*(H,6,7). The first kappa shape index (κ1) is 35.6. The molecule has 16 heteroatoms. The second-order valence-corrected chi connectivity index (χ2v) is 9.98. The van der Waals surface area contributed by atoms with Gasteiger partial charge in [0.05, 0.1) is 11.3 Å². The summed E-state index contributed by atoms with van der Waals surface area (Å²) in [5, 5.41) is 21.4. The molecule has 2 aromatic carbocycles. The quantitative estimate of drug-likeness (QED) is 0.153. The molecule has 1 amide bonds. The van der Waals surface area contributed by atoms with E-state index >= 15 is 0 Å². The number of aromatic amines is 1. The Bertz CT molecular complexity index is 1650. The smallest absolute Gasteiger partial charge is 0.475 e. The number of nitrogens with zero attached hydrogens (tertiary/aromatic N) is 1. The number of hydrogen-bond acceptors (Lipinski definition) is 5. The van der Waals surface area contributed by atoms with Crippen molar-refractivity contribution >= 4 is 29.4 Å². The number of halogens is 7. The Labute approximate surface area is 262 Å². The first-order valence-electron chi connectivity index (χ1n) is 13.2. The van der Waals surface area contributed by atoms with E-state index < -0.39 is 24.3 Å². The van der Waals surface area contributed by atoms with Gasteiger partial charge in [-0.3, -0.25) is 9.78 Å². The number of aliphatic carboxylic acids is 2. The maximum Gasteiger partial charge on any atom is 0.490 e. The molecule has 0 saturated carbocycles. The second-order valence-electron chi connectivity index (χ2n) is 9.55. The largest absolute Gasteiger partial charge is 0.490 e. The van der Waals surface area contributed by atoms with E-state index in [1.54, 1.807) is 0 Å². The summed E-state index contributed by atoms with van der Waals surface area (Å²) in [7, 11) is 0. The maximum absolute atomic E-state index is 12.1. The summed E-state index contributed by atoms with van der Waals surface area (Å²) in [6.45, 7) is 2.21. The van der Waals surface area contributed by atoms with Gasteiger partial charge in [-0.15, -0.1) is 0 Å². The number of carboxylic acids is 2. The summed E-state index contributed by atoms with van der Waals surface area (Å²) >= 11 is 5.95. The van der Waals surface area contributed by atoms with Gasteiger partial charge in [-0.2, -0.15) is 26.3 Å². The van der Waals surface area contributed by atoms with Gasteiger partial charge < -0.3 is 25.8 Å². The van der Waals surface area contributed by atoms with Crippen molar-refractivity contribution < 1.29 is 50.9 Å². The zero-order chi connectivity index (χ0) is 34.1. The van der Waals surface area contributed by atoms with E-state index in [1.807, 2.05) is 42.6 Å². The Morgan fingerprint density at radius 3 is 2.04 bits per heavy atom. The monoisotopic (exact) mass is 670 g/mol. The van der Waals surface area contributed by atoms with Crippen LogP contribution in [0.3, 0.4) is 0 Å². The van der Waals surface area contributed by atoms with Crippen LogP contribution in [0.25, 0.3) is 22.5 Å². The molecule has 5 N–H and O–H groups in total. The predicted octanol–water partition coefficient (Wildman–Crippen LogP) is 6.24. The molecule has 4 aromatic rings.